The highest BCUT2D eigenvalue weighted by atomic mass is 15.4. The molecule has 0 bridgehead atoms. The highest BCUT2D eigenvalue weighted by molar-refractivity contribution is 6.21. The van der Waals surface area contributed by atoms with Gasteiger partial charge in [-0.1, -0.05) is 71.8 Å². The molecule has 2 radical (unpaired) electrons. The molecular weight excluding hydrogens is 400 g/mol. The molecule has 162 valence electrons. The summed E-state index contributed by atoms with van der Waals surface area (Å²) >= 11 is 0. The summed E-state index contributed by atoms with van der Waals surface area (Å²) in [6, 6.07) is 22.4. The number of rotatable bonds is 2. The van der Waals surface area contributed by atoms with Gasteiger partial charge in [0.15, 0.2) is 0 Å². The monoisotopic (exact) mass is 428 g/mol. The van der Waals surface area contributed by atoms with Gasteiger partial charge in [-0.15, -0.1) is 0 Å². The fourth-order valence-electron chi connectivity index (χ4n) is 6.02. The molecule has 2 aliphatic rings. The first-order valence-corrected chi connectivity index (χ1v) is 11.6. The molecule has 33 heavy (non-hydrogen) atoms. The molecule has 0 atom stereocenters. The fourth-order valence-corrected chi connectivity index (χ4v) is 6.02. The molecule has 0 saturated carbocycles. The van der Waals surface area contributed by atoms with Gasteiger partial charge in [0.25, 0.3) is 0 Å². The summed E-state index contributed by atoms with van der Waals surface area (Å²) in [6.07, 6.45) is 0. The molecule has 1 heterocycles. The van der Waals surface area contributed by atoms with E-state index in [0.717, 1.165) is 0 Å². The van der Waals surface area contributed by atoms with Crippen molar-refractivity contribution >= 4 is 33.5 Å². The van der Waals surface area contributed by atoms with E-state index in [0.29, 0.717) is 0 Å². The maximum absolute atomic E-state index is 3.80. The van der Waals surface area contributed by atoms with Crippen molar-refractivity contribution in [3.05, 3.63) is 112 Å². The van der Waals surface area contributed by atoms with E-state index in [2.05, 4.69) is 119 Å². The molecule has 0 N–H and O–H groups in total. The number of benzene rings is 4. The standard InChI is InChI=1S/C31H28N2/c1-18-13-20(3)28(21(4)14-18)32-17-33(29-22(5)15-19(2)16-23(29)6)31-26-12-8-10-24-9-7-11-25(27(24)26)30(31)32/h7-16H,1-6H3. The van der Waals surface area contributed by atoms with Crippen LogP contribution in [0, 0.1) is 48.2 Å². The first kappa shape index (κ1) is 20.1. The van der Waals surface area contributed by atoms with Gasteiger partial charge in [0.1, 0.15) is 0 Å². The number of aryl methyl sites for hydroxylation is 6. The molecule has 0 saturated heterocycles. The van der Waals surface area contributed by atoms with Crippen molar-refractivity contribution in [3.8, 4) is 0 Å². The number of hydrogen-bond donors (Lipinski definition) is 0. The van der Waals surface area contributed by atoms with Crippen molar-refractivity contribution < 1.29 is 0 Å². The van der Waals surface area contributed by atoms with Gasteiger partial charge >= 0.3 is 0 Å². The molecule has 1 aliphatic heterocycles. The summed E-state index contributed by atoms with van der Waals surface area (Å²) in [5.74, 6) is 0. The van der Waals surface area contributed by atoms with Gasteiger partial charge in [-0.25, -0.2) is 0 Å². The van der Waals surface area contributed by atoms with Crippen LogP contribution in [0.4, 0.5) is 11.4 Å². The third-order valence-electron chi connectivity index (χ3n) is 7.00. The average Bonchev–Trinajstić information content (AvgIpc) is 3.26. The molecule has 0 fully saturated rings. The van der Waals surface area contributed by atoms with Gasteiger partial charge in [0.2, 0.25) is 6.67 Å². The topological polar surface area (TPSA) is 6.48 Å². The normalized spacial score (nSPS) is 14.6. The minimum Gasteiger partial charge on any atom is -0.307 e. The van der Waals surface area contributed by atoms with Crippen LogP contribution >= 0.6 is 0 Å². The van der Waals surface area contributed by atoms with Gasteiger partial charge in [0.05, 0.1) is 11.4 Å². The van der Waals surface area contributed by atoms with E-state index >= 15 is 0 Å². The van der Waals surface area contributed by atoms with Crippen LogP contribution in [0.25, 0.3) is 22.2 Å². The number of hydrogen-bond acceptors (Lipinski definition) is 2. The lowest BCUT2D eigenvalue weighted by Crippen LogP contribution is -2.24. The Hall–Kier alpha value is -3.52. The minimum atomic E-state index is 1.22. The van der Waals surface area contributed by atoms with Gasteiger partial charge in [-0.2, -0.15) is 0 Å². The van der Waals surface area contributed by atoms with Crippen LogP contribution in [0.15, 0.2) is 60.7 Å². The Morgan fingerprint density at radius 2 is 0.939 bits per heavy atom. The Morgan fingerprint density at radius 1 is 0.545 bits per heavy atom. The lowest BCUT2D eigenvalue weighted by atomic mass is 10.0. The van der Waals surface area contributed by atoms with Crippen molar-refractivity contribution in [1.29, 1.82) is 0 Å². The summed E-state index contributed by atoms with van der Waals surface area (Å²) in [7, 11) is 0. The predicted molar refractivity (Wildman–Crippen MR) is 140 cm³/mol. The Balaban J connectivity index is 1.66. The second kappa shape index (κ2) is 6.99. The lowest BCUT2D eigenvalue weighted by molar-refractivity contribution is 1.08. The minimum absolute atomic E-state index is 1.22. The van der Waals surface area contributed by atoms with E-state index < -0.39 is 0 Å². The van der Waals surface area contributed by atoms with Crippen molar-refractivity contribution in [2.24, 2.45) is 0 Å². The average molecular weight is 429 g/mol. The van der Waals surface area contributed by atoms with Crippen LogP contribution in [0.1, 0.15) is 44.5 Å². The van der Waals surface area contributed by atoms with Crippen LogP contribution in [-0.2, 0) is 0 Å². The van der Waals surface area contributed by atoms with Gasteiger partial charge < -0.3 is 9.80 Å². The van der Waals surface area contributed by atoms with E-state index in [1.54, 1.807) is 0 Å². The van der Waals surface area contributed by atoms with Crippen molar-refractivity contribution in [3.63, 3.8) is 0 Å². The first-order valence-electron chi connectivity index (χ1n) is 11.6. The highest BCUT2D eigenvalue weighted by Crippen LogP contribution is 2.54. The lowest BCUT2D eigenvalue weighted by Gasteiger charge is -2.29. The zero-order valence-corrected chi connectivity index (χ0v) is 20.2. The van der Waals surface area contributed by atoms with E-state index in [9.17, 15) is 0 Å². The zero-order chi connectivity index (χ0) is 23.0. The third-order valence-corrected chi connectivity index (χ3v) is 7.00. The number of nitrogens with zero attached hydrogens (tertiary/aromatic N) is 2. The SMILES string of the molecule is Cc1cc(C)c(N2[C]N(c3c(C)cc(C)cc3C)C3=C2c2cccc4cccc3c24)c(C)c1. The second-order valence-corrected chi connectivity index (χ2v) is 9.67. The molecule has 2 nitrogen and oxygen atoms in total. The fraction of sp³-hybridized carbons (Fsp3) is 0.194. The highest BCUT2D eigenvalue weighted by Gasteiger charge is 2.41. The van der Waals surface area contributed by atoms with Crippen LogP contribution in [0.2, 0.25) is 0 Å². The molecule has 0 amide bonds. The number of fused-ring (bicyclic) bond motifs is 2. The summed E-state index contributed by atoms with van der Waals surface area (Å²) in [6.45, 7) is 17.0. The van der Waals surface area contributed by atoms with Gasteiger partial charge in [-0.3, -0.25) is 0 Å². The largest absolute Gasteiger partial charge is 0.307 e. The molecule has 0 aromatic heterocycles. The second-order valence-electron chi connectivity index (χ2n) is 9.67. The summed E-state index contributed by atoms with van der Waals surface area (Å²) in [5, 5.41) is 2.63. The first-order chi connectivity index (χ1) is 15.8. The molecule has 1 aliphatic carbocycles. The smallest absolute Gasteiger partial charge is 0.218 e. The van der Waals surface area contributed by atoms with E-state index in [1.165, 1.54) is 78.0 Å². The molecule has 2 heteroatoms. The van der Waals surface area contributed by atoms with E-state index in [1.807, 2.05) is 0 Å². The summed E-state index contributed by atoms with van der Waals surface area (Å²) in [4.78, 5) is 4.62. The molecular formula is C31H28N2. The quantitative estimate of drug-likeness (QED) is 0.321. The maximum Gasteiger partial charge on any atom is 0.218 e. The van der Waals surface area contributed by atoms with Crippen molar-refractivity contribution in [2.45, 2.75) is 41.5 Å². The Morgan fingerprint density at radius 3 is 1.33 bits per heavy atom. The van der Waals surface area contributed by atoms with Crippen molar-refractivity contribution in [1.82, 2.24) is 0 Å². The van der Waals surface area contributed by atoms with Crippen LogP contribution in [-0.4, -0.2) is 0 Å². The van der Waals surface area contributed by atoms with Gasteiger partial charge in [-0.05, 0) is 69.2 Å². The van der Waals surface area contributed by atoms with Crippen molar-refractivity contribution in [2.75, 3.05) is 9.80 Å². The molecule has 0 unspecified atom stereocenters. The summed E-state index contributed by atoms with van der Waals surface area (Å²) < 4.78 is 0. The third kappa shape index (κ3) is 2.80. The van der Waals surface area contributed by atoms with Gasteiger partial charge in [0, 0.05) is 27.9 Å². The predicted octanol–water partition coefficient (Wildman–Crippen LogP) is 7.85. The van der Waals surface area contributed by atoms with E-state index in [-0.39, 0.29) is 0 Å². The summed E-state index contributed by atoms with van der Waals surface area (Å²) in [5.41, 5.74) is 15.2. The molecule has 6 rings (SSSR count). The Bertz CT molecular complexity index is 1350. The van der Waals surface area contributed by atoms with Crippen LogP contribution in [0.3, 0.4) is 0 Å². The Kier molecular flexibility index (Phi) is 4.26. The van der Waals surface area contributed by atoms with Crippen LogP contribution < -0.4 is 9.80 Å². The molecule has 0 spiro atoms. The number of anilines is 2. The molecule has 4 aromatic rings. The van der Waals surface area contributed by atoms with Crippen LogP contribution in [0.5, 0.6) is 0 Å². The zero-order valence-electron chi connectivity index (χ0n) is 20.2. The molecule has 4 aromatic carbocycles. The Labute approximate surface area is 196 Å². The maximum atomic E-state index is 3.80. The van der Waals surface area contributed by atoms with E-state index in [4.69, 9.17) is 0 Å².